The number of nitro groups is 2. The number of nitrogens with two attached hydrogens (primary N) is 2. The van der Waals surface area contributed by atoms with Crippen molar-refractivity contribution in [1.82, 2.24) is 39.7 Å². The molecule has 6 rings (SSSR count). The lowest BCUT2D eigenvalue weighted by molar-refractivity contribution is -0.384. The Kier molecular flexibility index (Phi) is 18.7. The van der Waals surface area contributed by atoms with Gasteiger partial charge in [-0.1, -0.05) is 46.4 Å². The zero-order chi connectivity index (χ0) is 57.4. The molecule has 0 aliphatic carbocycles. The number of halogens is 4. The van der Waals surface area contributed by atoms with Gasteiger partial charge in [0.2, 0.25) is 23.5 Å². The van der Waals surface area contributed by atoms with Gasteiger partial charge in [-0.2, -0.15) is 0 Å². The summed E-state index contributed by atoms with van der Waals surface area (Å²) in [6.45, 7) is 10.4. The minimum absolute atomic E-state index is 0.000738. The number of rotatable bonds is 19. The summed E-state index contributed by atoms with van der Waals surface area (Å²) in [4.78, 5) is 95.7. The molecule has 8 N–H and O–H groups in total. The van der Waals surface area contributed by atoms with Crippen molar-refractivity contribution >= 4 is 122 Å². The van der Waals surface area contributed by atoms with Crippen LogP contribution in [0.25, 0.3) is 22.5 Å². The van der Waals surface area contributed by atoms with Crippen molar-refractivity contribution < 1.29 is 33.7 Å². The number of amides is 3. The van der Waals surface area contributed by atoms with Crippen molar-refractivity contribution in [2.45, 2.75) is 58.9 Å². The Balaban J connectivity index is 1.54. The lowest BCUT2D eigenvalue weighted by atomic mass is 10.1. The van der Waals surface area contributed by atoms with Crippen LogP contribution in [0.4, 0.5) is 67.5 Å². The van der Waals surface area contributed by atoms with Crippen LogP contribution in [0, 0.1) is 20.2 Å². The molecule has 412 valence electrons. The molecule has 6 aromatic rings. The Morgan fingerprint density at radius 3 is 1.31 bits per heavy atom. The first-order valence-corrected chi connectivity index (χ1v) is 24.8. The molecule has 0 fully saturated rings. The largest absolute Gasteiger partial charge is 0.444 e. The summed E-state index contributed by atoms with van der Waals surface area (Å²) < 4.78 is 11.5. The average molecular weight is 1150 g/mol. The summed E-state index contributed by atoms with van der Waals surface area (Å²) in [5, 5.41) is 35.5. The molecular formula is C48H53Cl4N17O9. The molecule has 78 heavy (non-hydrogen) atoms. The monoisotopic (exact) mass is 1150 g/mol. The van der Waals surface area contributed by atoms with Crippen LogP contribution < -0.4 is 37.6 Å². The summed E-state index contributed by atoms with van der Waals surface area (Å²) in [5.41, 5.74) is 8.97. The van der Waals surface area contributed by atoms with Gasteiger partial charge < -0.3 is 42.2 Å². The maximum absolute atomic E-state index is 16.2. The molecule has 0 saturated heterocycles. The van der Waals surface area contributed by atoms with Crippen LogP contribution in [0.3, 0.4) is 0 Å². The van der Waals surface area contributed by atoms with Gasteiger partial charge in [-0.05, 0) is 90.1 Å². The lowest BCUT2D eigenvalue weighted by Crippen LogP contribution is -2.59. The fourth-order valence-electron chi connectivity index (χ4n) is 7.12. The molecule has 0 aliphatic heterocycles. The SMILES string of the molecule is CN(C(=O)OC(C)(C)C)C(C(=O)N(c1cnc(NCCNc2ccc([N+](=O)[O-])c(N)n2)nc1-c1ccc(Cl)cc1Cl)c1cnc(NCCNc2ccc([N+](=O)[O-])c(N)n2)nc1-c1ccc(Cl)cc1Cl)N(C)C(=O)OC(C)(C)C. The highest BCUT2D eigenvalue weighted by atomic mass is 35.5. The Labute approximate surface area is 466 Å². The van der Waals surface area contributed by atoms with Crippen LogP contribution in [-0.4, -0.2) is 125 Å². The molecule has 0 spiro atoms. The third kappa shape index (κ3) is 15.0. The fraction of sp³-hybridized carbons (Fsp3) is 0.312. The maximum atomic E-state index is 16.2. The van der Waals surface area contributed by atoms with Gasteiger partial charge >= 0.3 is 23.6 Å². The van der Waals surface area contributed by atoms with Crippen LogP contribution in [0.5, 0.6) is 0 Å². The van der Waals surface area contributed by atoms with Crippen molar-refractivity contribution in [3.8, 4) is 22.5 Å². The standard InChI is InChI=1S/C48H53Cl4N17O9/c1-47(2,3)77-45(71)65(7)41(66(8)46(72)78-48(4,5)6)42(70)67(33-23-59-43(63-37(33)27-11-9-25(49)21-29(27)51)57-19-17-55-35-15-13-31(68(73)74)39(53)61-35)34-24-60-44(64-38(34)28-12-10-26(50)22-30(28)52)58-20-18-56-36-16-14-32(69(75)76)40(54)62-36/h9-16,21-24,41H,17-20H2,1-8H3,(H3,53,55,61)(H3,54,56,62)(H,57,59,63)(H,58,60,64). The number of anilines is 8. The van der Waals surface area contributed by atoms with E-state index in [4.69, 9.17) is 77.3 Å². The van der Waals surface area contributed by atoms with Crippen LogP contribution in [-0.2, 0) is 14.3 Å². The smallest absolute Gasteiger partial charge is 0.412 e. The van der Waals surface area contributed by atoms with Gasteiger partial charge in [0, 0.05) is 73.6 Å². The minimum atomic E-state index is -1.88. The normalized spacial score (nSPS) is 11.3. The summed E-state index contributed by atoms with van der Waals surface area (Å²) >= 11 is 26.7. The zero-order valence-corrected chi connectivity index (χ0v) is 46.1. The molecule has 0 atom stereocenters. The third-order valence-electron chi connectivity index (χ3n) is 10.6. The van der Waals surface area contributed by atoms with E-state index in [1.54, 1.807) is 65.8 Å². The molecule has 0 aliphatic rings. The number of likely N-dealkylation sites (N-methyl/N-ethyl adjacent to an activating group) is 2. The quantitative estimate of drug-likeness (QED) is 0.0190. The summed E-state index contributed by atoms with van der Waals surface area (Å²) in [5.74, 6) is -1.06. The van der Waals surface area contributed by atoms with E-state index in [2.05, 4.69) is 41.2 Å². The van der Waals surface area contributed by atoms with E-state index in [1.807, 2.05) is 0 Å². The van der Waals surface area contributed by atoms with Gasteiger partial charge in [0.15, 0.2) is 6.17 Å². The van der Waals surface area contributed by atoms with Gasteiger partial charge in [0.05, 0.1) is 43.7 Å². The number of nitrogens with zero attached hydrogens (tertiary/aromatic N) is 11. The van der Waals surface area contributed by atoms with E-state index in [0.29, 0.717) is 0 Å². The second-order valence-corrected chi connectivity index (χ2v) is 20.4. The third-order valence-corrected chi connectivity index (χ3v) is 11.7. The molecule has 2 aromatic carbocycles. The first kappa shape index (κ1) is 58.9. The predicted molar refractivity (Wildman–Crippen MR) is 298 cm³/mol. The minimum Gasteiger partial charge on any atom is -0.444 e. The number of hydrogen-bond acceptors (Lipinski definition) is 21. The molecule has 0 saturated carbocycles. The number of benzene rings is 2. The van der Waals surface area contributed by atoms with Crippen molar-refractivity contribution in [3.05, 3.63) is 113 Å². The molecule has 4 heterocycles. The van der Waals surface area contributed by atoms with Crippen molar-refractivity contribution in [2.24, 2.45) is 0 Å². The number of carbonyl (C=O) groups excluding carboxylic acids is 3. The predicted octanol–water partition coefficient (Wildman–Crippen LogP) is 9.76. The molecule has 3 amide bonds. The average Bonchev–Trinajstić information content (AvgIpc) is 3.41. The number of nitrogen functional groups attached to an aromatic ring is 2. The Morgan fingerprint density at radius 2 is 0.974 bits per heavy atom. The molecule has 0 radical (unpaired) electrons. The number of pyridine rings is 2. The number of hydrogen-bond donors (Lipinski definition) is 6. The molecular weight excluding hydrogens is 1100 g/mol. The fourth-order valence-corrected chi connectivity index (χ4v) is 8.12. The van der Waals surface area contributed by atoms with Gasteiger partial charge in [-0.3, -0.25) is 39.7 Å². The molecule has 30 heteroatoms. The lowest BCUT2D eigenvalue weighted by Gasteiger charge is -2.38. The van der Waals surface area contributed by atoms with Crippen molar-refractivity contribution in [1.29, 1.82) is 0 Å². The highest BCUT2D eigenvalue weighted by Crippen LogP contribution is 2.44. The second kappa shape index (κ2) is 24.8. The van der Waals surface area contributed by atoms with Crippen molar-refractivity contribution in [2.75, 3.05) is 77.9 Å². The Hall–Kier alpha value is -8.33. The van der Waals surface area contributed by atoms with Gasteiger partial charge in [0.1, 0.15) is 34.2 Å². The van der Waals surface area contributed by atoms with E-state index in [0.717, 1.165) is 14.7 Å². The van der Waals surface area contributed by atoms with Crippen molar-refractivity contribution in [3.63, 3.8) is 0 Å². The van der Waals surface area contributed by atoms with Gasteiger partial charge in [-0.15, -0.1) is 0 Å². The maximum Gasteiger partial charge on any atom is 0.412 e. The Bertz CT molecular complexity index is 3050. The topological polar surface area (TPSA) is 343 Å². The van der Waals surface area contributed by atoms with E-state index >= 15 is 4.79 Å². The Morgan fingerprint density at radius 1 is 0.603 bits per heavy atom. The van der Waals surface area contributed by atoms with E-state index in [1.165, 1.54) is 62.9 Å². The zero-order valence-electron chi connectivity index (χ0n) is 43.1. The second-order valence-electron chi connectivity index (χ2n) is 18.8. The number of nitrogens with one attached hydrogen (secondary N) is 4. The molecule has 4 aromatic heterocycles. The molecule has 26 nitrogen and oxygen atoms in total. The first-order chi connectivity index (χ1) is 36.6. The highest BCUT2D eigenvalue weighted by molar-refractivity contribution is 6.37. The molecule has 0 bridgehead atoms. The van der Waals surface area contributed by atoms with E-state index in [9.17, 15) is 29.8 Å². The number of aromatic nitrogens is 6. The number of carbonyl (C=O) groups is 3. The van der Waals surface area contributed by atoms with E-state index < -0.39 is 45.3 Å². The first-order valence-electron chi connectivity index (χ1n) is 23.3. The van der Waals surface area contributed by atoms with Crippen LogP contribution >= 0.6 is 46.4 Å². The van der Waals surface area contributed by atoms with Crippen LogP contribution in [0.2, 0.25) is 20.1 Å². The van der Waals surface area contributed by atoms with Gasteiger partial charge in [-0.25, -0.2) is 39.5 Å². The number of ether oxygens (including phenoxy) is 2. The highest BCUT2D eigenvalue weighted by Gasteiger charge is 2.43. The van der Waals surface area contributed by atoms with Crippen LogP contribution in [0.15, 0.2) is 73.1 Å². The summed E-state index contributed by atoms with van der Waals surface area (Å²) in [7, 11) is 2.53. The molecule has 0 unspecified atom stereocenters. The van der Waals surface area contributed by atoms with Gasteiger partial charge in [0.25, 0.3) is 5.91 Å². The van der Waals surface area contributed by atoms with Crippen LogP contribution in [0.1, 0.15) is 41.5 Å². The summed E-state index contributed by atoms with van der Waals surface area (Å²) in [6.07, 6.45) is -1.31. The van der Waals surface area contributed by atoms with E-state index in [-0.39, 0.29) is 127 Å². The summed E-state index contributed by atoms with van der Waals surface area (Å²) in [6, 6.07) is 14.3.